The summed E-state index contributed by atoms with van der Waals surface area (Å²) in [5, 5.41) is 23.8. The third kappa shape index (κ3) is 8.64. The third-order valence-electron chi connectivity index (χ3n) is 11.6. The van der Waals surface area contributed by atoms with E-state index in [1.54, 1.807) is 46.1 Å². The lowest BCUT2D eigenvalue weighted by molar-refractivity contribution is -0.141. The van der Waals surface area contributed by atoms with Crippen molar-refractivity contribution >= 4 is 63.8 Å². The van der Waals surface area contributed by atoms with Gasteiger partial charge in [0.05, 0.1) is 34.5 Å². The molecule has 4 aliphatic heterocycles. The lowest BCUT2D eigenvalue weighted by Crippen LogP contribution is -2.54. The van der Waals surface area contributed by atoms with Gasteiger partial charge in [0.2, 0.25) is 17.7 Å². The largest absolute Gasteiger partial charge is 0.433 e. The Bertz CT molecular complexity index is 2560. The number of carbonyl (C=O) groups is 7. The molecule has 1 unspecified atom stereocenters. The number of piperidine rings is 2. The topological polar surface area (TPSA) is 219 Å². The van der Waals surface area contributed by atoms with Gasteiger partial charge in [0, 0.05) is 68.0 Å². The van der Waals surface area contributed by atoms with Crippen LogP contribution < -0.4 is 20.9 Å². The Morgan fingerprint density at radius 3 is 2.35 bits per heavy atom. The number of rotatable bonds is 11. The number of hydrogen-bond acceptors (Lipinski definition) is 11. The summed E-state index contributed by atoms with van der Waals surface area (Å²) >= 11 is 0. The fraction of sp³-hybridized carbons (Fsp3) is 0.405. The van der Waals surface area contributed by atoms with E-state index >= 15 is 0 Å². The van der Waals surface area contributed by atoms with Gasteiger partial charge in [0.15, 0.2) is 0 Å². The van der Waals surface area contributed by atoms with Gasteiger partial charge in [-0.25, -0.2) is 9.78 Å². The van der Waals surface area contributed by atoms with E-state index in [9.17, 15) is 51.8 Å². The molecule has 0 saturated carbocycles. The van der Waals surface area contributed by atoms with Crippen LogP contribution in [-0.2, 0) is 32.7 Å². The summed E-state index contributed by atoms with van der Waals surface area (Å²) in [5.41, 5.74) is -1.31. The van der Waals surface area contributed by atoms with Gasteiger partial charge < -0.3 is 30.4 Å². The van der Waals surface area contributed by atoms with Crippen LogP contribution >= 0.6 is 0 Å². The summed E-state index contributed by atoms with van der Waals surface area (Å²) in [7, 11) is 0. The number of anilines is 2. The first-order valence-electron chi connectivity index (χ1n) is 20.4. The molecule has 8 amide bonds. The zero-order valence-electron chi connectivity index (χ0n) is 34.2. The molecule has 18 nitrogen and oxygen atoms in total. The van der Waals surface area contributed by atoms with E-state index in [0.29, 0.717) is 55.6 Å². The molecule has 21 heteroatoms. The number of aromatic nitrogens is 3. The standard InChI is InChI=1S/C42H43F3N10O8/c1-41(2,63)26-20-28-23(19-29(26)48-36(58)27-6-4-8-32(47-27)42(43,44)45)21-54(50-28)18-17-52-15-16-53(40(52)62)22-34(57)46-24-11-13-51(14-12-24)30-7-3-5-25-35(30)39(61)55(38(25)60)31-9-10-33(56)49-37(31)59/h3-8,19-21,24,31,63H,9-18,22H2,1-2H3,(H,46,57)(H,48,58)(H,49,56,59). The summed E-state index contributed by atoms with van der Waals surface area (Å²) in [6.45, 7) is 4.99. The van der Waals surface area contributed by atoms with E-state index in [4.69, 9.17) is 0 Å². The molecule has 1 atom stereocenters. The van der Waals surface area contributed by atoms with Gasteiger partial charge >= 0.3 is 12.2 Å². The maximum atomic E-state index is 13.6. The number of alkyl halides is 3. The Hall–Kier alpha value is -6.90. The summed E-state index contributed by atoms with van der Waals surface area (Å²) in [6.07, 6.45) is -1.93. The molecule has 4 aromatic rings. The molecule has 8 rings (SSSR count). The summed E-state index contributed by atoms with van der Waals surface area (Å²) in [5.74, 6) is -3.53. The van der Waals surface area contributed by atoms with Gasteiger partial charge in [0.1, 0.15) is 24.0 Å². The SMILES string of the molecule is CC(C)(O)c1cc2nn(CCN3CCN(CC(=O)NC4CCN(c5cccc6c5C(=O)N(C5CCC(=O)NC5=O)C6=O)CC4)C3=O)cc2cc1NC(=O)c1cccc(C(F)(F)F)n1. The number of carbonyl (C=O) groups excluding carboxylic acids is 7. The van der Waals surface area contributed by atoms with Crippen LogP contribution in [0.3, 0.4) is 0 Å². The molecule has 4 N–H and O–H groups in total. The Morgan fingerprint density at radius 2 is 1.63 bits per heavy atom. The Balaban J connectivity index is 0.836. The number of nitrogens with zero attached hydrogens (tertiary/aromatic N) is 7. The fourth-order valence-corrected chi connectivity index (χ4v) is 8.43. The second kappa shape index (κ2) is 16.4. The number of benzene rings is 2. The smallest absolute Gasteiger partial charge is 0.386 e. The number of aliphatic hydroxyl groups is 1. The van der Waals surface area contributed by atoms with Gasteiger partial charge in [0.25, 0.3) is 17.7 Å². The predicted octanol–water partition coefficient (Wildman–Crippen LogP) is 2.85. The van der Waals surface area contributed by atoms with E-state index < -0.39 is 58.7 Å². The average Bonchev–Trinajstić information content (AvgIpc) is 3.88. The van der Waals surface area contributed by atoms with Crippen molar-refractivity contribution in [1.29, 1.82) is 0 Å². The number of imide groups is 2. The molecule has 4 aliphatic rings. The highest BCUT2D eigenvalue weighted by Crippen LogP contribution is 2.36. The number of hydrogen-bond donors (Lipinski definition) is 4. The number of fused-ring (bicyclic) bond motifs is 2. The van der Waals surface area contributed by atoms with Crippen LogP contribution in [0.5, 0.6) is 0 Å². The summed E-state index contributed by atoms with van der Waals surface area (Å²) < 4.78 is 41.3. The maximum absolute atomic E-state index is 13.6. The highest BCUT2D eigenvalue weighted by molar-refractivity contribution is 6.25. The summed E-state index contributed by atoms with van der Waals surface area (Å²) in [6, 6.07) is 9.49. The Labute approximate surface area is 357 Å². The Morgan fingerprint density at radius 1 is 0.905 bits per heavy atom. The van der Waals surface area contributed by atoms with Gasteiger partial charge in [-0.3, -0.25) is 43.7 Å². The first kappa shape index (κ1) is 42.8. The molecule has 6 heterocycles. The first-order chi connectivity index (χ1) is 29.8. The quantitative estimate of drug-likeness (QED) is 0.161. The lowest BCUT2D eigenvalue weighted by atomic mass is 9.95. The van der Waals surface area contributed by atoms with Crippen molar-refractivity contribution < 1.29 is 51.8 Å². The van der Waals surface area contributed by atoms with Gasteiger partial charge in [-0.05, 0) is 69.5 Å². The highest BCUT2D eigenvalue weighted by Gasteiger charge is 2.46. The molecule has 3 fully saturated rings. The molecule has 2 aromatic carbocycles. The van der Waals surface area contributed by atoms with Gasteiger partial charge in [-0.2, -0.15) is 18.3 Å². The van der Waals surface area contributed by atoms with E-state index in [-0.39, 0.29) is 72.8 Å². The van der Waals surface area contributed by atoms with Crippen molar-refractivity contribution in [1.82, 2.24) is 40.1 Å². The molecule has 0 aliphatic carbocycles. The molecule has 330 valence electrons. The molecule has 0 radical (unpaired) electrons. The molecule has 0 bridgehead atoms. The monoisotopic (exact) mass is 872 g/mol. The van der Waals surface area contributed by atoms with E-state index in [1.807, 2.05) is 4.90 Å². The molecular weight excluding hydrogens is 830 g/mol. The van der Waals surface area contributed by atoms with E-state index in [1.165, 1.54) is 18.7 Å². The minimum Gasteiger partial charge on any atom is -0.386 e. The number of amides is 8. The van der Waals surface area contributed by atoms with Crippen molar-refractivity contribution in [2.75, 3.05) is 49.5 Å². The van der Waals surface area contributed by atoms with Crippen LogP contribution in [0, 0.1) is 0 Å². The average molecular weight is 873 g/mol. The summed E-state index contributed by atoms with van der Waals surface area (Å²) in [4.78, 5) is 100.0. The zero-order chi connectivity index (χ0) is 45.0. The normalized spacial score (nSPS) is 18.7. The fourth-order valence-electron chi connectivity index (χ4n) is 8.43. The molecule has 63 heavy (non-hydrogen) atoms. The van der Waals surface area contributed by atoms with Crippen molar-refractivity contribution in [3.8, 4) is 0 Å². The molecule has 0 spiro atoms. The van der Waals surface area contributed by atoms with Crippen LogP contribution in [0.2, 0.25) is 0 Å². The number of urea groups is 1. The maximum Gasteiger partial charge on any atom is 0.433 e. The van der Waals surface area contributed by atoms with Crippen LogP contribution in [0.25, 0.3) is 10.9 Å². The van der Waals surface area contributed by atoms with Gasteiger partial charge in [-0.15, -0.1) is 0 Å². The molecule has 2 aromatic heterocycles. The lowest BCUT2D eigenvalue weighted by Gasteiger charge is -2.35. The van der Waals surface area contributed by atoms with Crippen LogP contribution in [0.4, 0.5) is 29.3 Å². The minimum absolute atomic E-state index is 0.0193. The van der Waals surface area contributed by atoms with Crippen LogP contribution in [0.1, 0.15) is 82.0 Å². The number of pyridine rings is 1. The van der Waals surface area contributed by atoms with Crippen molar-refractivity contribution in [3.63, 3.8) is 0 Å². The highest BCUT2D eigenvalue weighted by atomic mass is 19.4. The number of halogens is 3. The van der Waals surface area contributed by atoms with Crippen molar-refractivity contribution in [2.24, 2.45) is 0 Å². The van der Waals surface area contributed by atoms with Crippen molar-refractivity contribution in [2.45, 2.75) is 69.9 Å². The Kier molecular flexibility index (Phi) is 11.1. The minimum atomic E-state index is -4.74. The second-order valence-corrected chi connectivity index (χ2v) is 16.4. The number of nitrogens with one attached hydrogen (secondary N) is 3. The van der Waals surface area contributed by atoms with Crippen LogP contribution in [0.15, 0.2) is 54.7 Å². The van der Waals surface area contributed by atoms with Crippen LogP contribution in [-0.4, -0.2) is 127 Å². The van der Waals surface area contributed by atoms with Crippen molar-refractivity contribution in [3.05, 3.63) is 82.8 Å². The predicted molar refractivity (Wildman–Crippen MR) is 217 cm³/mol. The third-order valence-corrected chi connectivity index (χ3v) is 11.6. The first-order valence-corrected chi connectivity index (χ1v) is 20.4. The zero-order valence-corrected chi connectivity index (χ0v) is 34.2. The van der Waals surface area contributed by atoms with E-state index in [0.717, 1.165) is 23.1 Å². The second-order valence-electron chi connectivity index (χ2n) is 16.4. The molecular formula is C42H43F3N10O8. The molecule has 3 saturated heterocycles. The van der Waals surface area contributed by atoms with E-state index in [2.05, 4.69) is 26.0 Å². The van der Waals surface area contributed by atoms with Gasteiger partial charge in [-0.1, -0.05) is 12.1 Å².